The van der Waals surface area contributed by atoms with Crippen molar-refractivity contribution in [3.8, 4) is 0 Å². The normalized spacial score (nSPS) is 15.1. The lowest BCUT2D eigenvalue weighted by Crippen LogP contribution is -2.19. The number of anilines is 2. The van der Waals surface area contributed by atoms with Crippen molar-refractivity contribution in [1.82, 2.24) is 0 Å². The first kappa shape index (κ1) is 9.41. The molecule has 2 nitrogen and oxygen atoms in total. The molecular weight excluding hydrogens is 196 g/mol. The zero-order valence-electron chi connectivity index (χ0n) is 8.13. The molecular formula is C11H13ClN2. The summed E-state index contributed by atoms with van der Waals surface area (Å²) in [5.41, 5.74) is 8.73. The lowest BCUT2D eigenvalue weighted by Gasteiger charge is -2.20. The molecule has 0 amide bonds. The minimum atomic E-state index is 0.637. The number of benzene rings is 1. The number of halogens is 1. The Labute approximate surface area is 89.0 Å². The molecule has 1 aromatic carbocycles. The van der Waals surface area contributed by atoms with Gasteiger partial charge in [-0.05, 0) is 24.6 Å². The van der Waals surface area contributed by atoms with Gasteiger partial charge in [0.25, 0.3) is 0 Å². The number of nitrogens with two attached hydrogens (primary N) is 1. The molecule has 0 aromatic heterocycles. The molecule has 74 valence electrons. The van der Waals surface area contributed by atoms with E-state index in [2.05, 4.69) is 24.0 Å². The van der Waals surface area contributed by atoms with Crippen LogP contribution in [0.25, 0.3) is 0 Å². The molecule has 0 atom stereocenters. The Bertz CT molecular complexity index is 377. The molecule has 0 unspecified atom stereocenters. The lowest BCUT2D eigenvalue weighted by molar-refractivity contribution is 0.998. The first-order valence-corrected chi connectivity index (χ1v) is 5.02. The number of hydrogen-bond acceptors (Lipinski definition) is 2. The van der Waals surface area contributed by atoms with Crippen molar-refractivity contribution in [2.45, 2.75) is 6.92 Å². The van der Waals surface area contributed by atoms with Crippen LogP contribution in [0, 0.1) is 6.92 Å². The molecule has 2 N–H and O–H groups in total. The highest BCUT2D eigenvalue weighted by molar-refractivity contribution is 6.33. The summed E-state index contributed by atoms with van der Waals surface area (Å²) in [5, 5.41) is 0.637. The monoisotopic (exact) mass is 208 g/mol. The zero-order chi connectivity index (χ0) is 10.1. The summed E-state index contributed by atoms with van der Waals surface area (Å²) in [6, 6.07) is 3.87. The molecule has 0 bridgehead atoms. The summed E-state index contributed by atoms with van der Waals surface area (Å²) in [6.07, 6.45) is 4.31. The van der Waals surface area contributed by atoms with Crippen molar-refractivity contribution in [2.75, 3.05) is 23.7 Å². The fraction of sp³-hybridized carbons (Fsp3) is 0.273. The number of hydrogen-bond donors (Lipinski definition) is 1. The maximum absolute atomic E-state index is 5.99. The number of aryl methyl sites for hydroxylation is 1. The van der Waals surface area contributed by atoms with Gasteiger partial charge in [-0.3, -0.25) is 0 Å². The van der Waals surface area contributed by atoms with E-state index in [0.29, 0.717) is 10.7 Å². The van der Waals surface area contributed by atoms with E-state index in [0.717, 1.165) is 13.1 Å². The predicted molar refractivity (Wildman–Crippen MR) is 62.0 cm³/mol. The van der Waals surface area contributed by atoms with Crippen molar-refractivity contribution >= 4 is 23.0 Å². The van der Waals surface area contributed by atoms with Crippen molar-refractivity contribution < 1.29 is 0 Å². The van der Waals surface area contributed by atoms with Crippen LogP contribution in [0.4, 0.5) is 11.4 Å². The highest BCUT2D eigenvalue weighted by atomic mass is 35.5. The maximum Gasteiger partial charge on any atom is 0.0656 e. The van der Waals surface area contributed by atoms with E-state index in [9.17, 15) is 0 Å². The second-order valence-corrected chi connectivity index (χ2v) is 3.94. The third-order valence-electron chi connectivity index (χ3n) is 2.47. The van der Waals surface area contributed by atoms with E-state index in [1.807, 2.05) is 12.1 Å². The molecule has 0 fully saturated rings. The van der Waals surface area contributed by atoms with Crippen molar-refractivity contribution in [3.05, 3.63) is 34.9 Å². The first-order valence-electron chi connectivity index (χ1n) is 4.64. The Morgan fingerprint density at radius 3 is 2.57 bits per heavy atom. The standard InChI is InChI=1S/C11H13ClN2/c1-8-6-10(13)9(12)7-11(8)14-4-2-3-5-14/h2-3,6-7H,4-5,13H2,1H3. The minimum absolute atomic E-state index is 0.637. The summed E-state index contributed by atoms with van der Waals surface area (Å²) >= 11 is 5.99. The van der Waals surface area contributed by atoms with Crippen LogP contribution in [0.5, 0.6) is 0 Å². The second kappa shape index (κ2) is 3.54. The summed E-state index contributed by atoms with van der Waals surface area (Å²) in [4.78, 5) is 2.26. The van der Waals surface area contributed by atoms with Gasteiger partial charge in [-0.2, -0.15) is 0 Å². The smallest absolute Gasteiger partial charge is 0.0656 e. The van der Waals surface area contributed by atoms with E-state index in [1.165, 1.54) is 11.3 Å². The molecule has 3 heteroatoms. The topological polar surface area (TPSA) is 29.3 Å². The van der Waals surface area contributed by atoms with E-state index in [1.54, 1.807) is 0 Å². The second-order valence-electron chi connectivity index (χ2n) is 3.54. The van der Waals surface area contributed by atoms with Crippen LogP contribution >= 0.6 is 11.6 Å². The Morgan fingerprint density at radius 2 is 1.93 bits per heavy atom. The van der Waals surface area contributed by atoms with Crippen LogP contribution in [-0.2, 0) is 0 Å². The van der Waals surface area contributed by atoms with Gasteiger partial charge < -0.3 is 10.6 Å². The maximum atomic E-state index is 5.99. The summed E-state index contributed by atoms with van der Waals surface area (Å²) in [6.45, 7) is 3.97. The molecule has 2 rings (SSSR count). The van der Waals surface area contributed by atoms with Gasteiger partial charge in [0.05, 0.1) is 10.7 Å². The minimum Gasteiger partial charge on any atom is -0.398 e. The predicted octanol–water partition coefficient (Wildman–Crippen LogP) is 2.61. The Kier molecular flexibility index (Phi) is 2.38. The van der Waals surface area contributed by atoms with Gasteiger partial charge in [0.1, 0.15) is 0 Å². The molecule has 1 aliphatic heterocycles. The average molecular weight is 209 g/mol. The van der Waals surface area contributed by atoms with Gasteiger partial charge in [-0.25, -0.2) is 0 Å². The molecule has 1 heterocycles. The molecule has 14 heavy (non-hydrogen) atoms. The third-order valence-corrected chi connectivity index (χ3v) is 2.80. The highest BCUT2D eigenvalue weighted by Crippen LogP contribution is 2.30. The number of rotatable bonds is 1. The summed E-state index contributed by atoms with van der Waals surface area (Å²) < 4.78 is 0. The van der Waals surface area contributed by atoms with Crippen molar-refractivity contribution in [3.63, 3.8) is 0 Å². The molecule has 1 aliphatic rings. The Hall–Kier alpha value is -1.15. The van der Waals surface area contributed by atoms with Gasteiger partial charge in [0.15, 0.2) is 0 Å². The molecule has 1 aromatic rings. The van der Waals surface area contributed by atoms with Gasteiger partial charge in [-0.15, -0.1) is 0 Å². The molecule has 0 saturated carbocycles. The van der Waals surface area contributed by atoms with Crippen molar-refractivity contribution in [1.29, 1.82) is 0 Å². The van der Waals surface area contributed by atoms with Gasteiger partial charge in [0.2, 0.25) is 0 Å². The Balaban J connectivity index is 2.38. The van der Waals surface area contributed by atoms with Crippen LogP contribution in [0.15, 0.2) is 24.3 Å². The highest BCUT2D eigenvalue weighted by Gasteiger charge is 2.11. The molecule has 0 aliphatic carbocycles. The lowest BCUT2D eigenvalue weighted by atomic mass is 10.1. The van der Waals surface area contributed by atoms with Crippen LogP contribution < -0.4 is 10.6 Å². The van der Waals surface area contributed by atoms with Crippen LogP contribution in [0.2, 0.25) is 5.02 Å². The zero-order valence-corrected chi connectivity index (χ0v) is 8.88. The Morgan fingerprint density at radius 1 is 1.29 bits per heavy atom. The van der Waals surface area contributed by atoms with E-state index in [-0.39, 0.29) is 0 Å². The summed E-state index contributed by atoms with van der Waals surface area (Å²) in [7, 11) is 0. The van der Waals surface area contributed by atoms with Gasteiger partial charge >= 0.3 is 0 Å². The van der Waals surface area contributed by atoms with E-state index >= 15 is 0 Å². The average Bonchev–Trinajstić information content (AvgIpc) is 2.64. The molecule has 0 saturated heterocycles. The fourth-order valence-electron chi connectivity index (χ4n) is 1.71. The quantitative estimate of drug-likeness (QED) is 0.568. The number of nitrogen functional groups attached to an aromatic ring is 1. The van der Waals surface area contributed by atoms with Crippen LogP contribution in [-0.4, -0.2) is 13.1 Å². The molecule has 0 spiro atoms. The van der Waals surface area contributed by atoms with Gasteiger partial charge in [0, 0.05) is 18.8 Å². The number of nitrogens with zero attached hydrogens (tertiary/aromatic N) is 1. The SMILES string of the molecule is Cc1cc(N)c(Cl)cc1N1CC=CC1. The summed E-state index contributed by atoms with van der Waals surface area (Å²) in [5.74, 6) is 0. The van der Waals surface area contributed by atoms with E-state index in [4.69, 9.17) is 17.3 Å². The fourth-order valence-corrected chi connectivity index (χ4v) is 1.87. The molecule has 0 radical (unpaired) electrons. The largest absolute Gasteiger partial charge is 0.398 e. The van der Waals surface area contributed by atoms with Crippen LogP contribution in [0.1, 0.15) is 5.56 Å². The first-order chi connectivity index (χ1) is 6.68. The van der Waals surface area contributed by atoms with Gasteiger partial charge in [-0.1, -0.05) is 23.8 Å². The van der Waals surface area contributed by atoms with E-state index < -0.39 is 0 Å². The van der Waals surface area contributed by atoms with Crippen LogP contribution in [0.3, 0.4) is 0 Å². The van der Waals surface area contributed by atoms with Crippen molar-refractivity contribution in [2.24, 2.45) is 0 Å². The third kappa shape index (κ3) is 1.58.